The number of aromatic nitrogens is 3. The molecule has 0 aliphatic heterocycles. The molecular formula is C22H29F2N5O4S2. The molecule has 2 aromatic heterocycles. The molecule has 9 nitrogen and oxygen atoms in total. The van der Waals surface area contributed by atoms with Crippen molar-refractivity contribution in [1.82, 2.24) is 19.1 Å². The van der Waals surface area contributed by atoms with Crippen LogP contribution < -0.4 is 10.6 Å². The quantitative estimate of drug-likeness (QED) is 0.187. The van der Waals surface area contributed by atoms with Crippen molar-refractivity contribution in [3.05, 3.63) is 42.2 Å². The van der Waals surface area contributed by atoms with Crippen LogP contribution in [0.1, 0.15) is 51.4 Å². The molecule has 0 aliphatic rings. The van der Waals surface area contributed by atoms with Crippen LogP contribution in [0.4, 0.5) is 14.7 Å². The molecule has 1 unspecified atom stereocenters. The third-order valence-electron chi connectivity index (χ3n) is 5.49. The first-order chi connectivity index (χ1) is 16.8. The summed E-state index contributed by atoms with van der Waals surface area (Å²) in [6.45, 7) is 0.997. The number of nitrogens with zero attached hydrogens (tertiary/aromatic N) is 3. The molecule has 1 atom stereocenters. The zero-order valence-corrected chi connectivity index (χ0v) is 20.8. The van der Waals surface area contributed by atoms with Gasteiger partial charge in [0.2, 0.25) is 10.9 Å². The van der Waals surface area contributed by atoms with Crippen molar-refractivity contribution in [1.29, 1.82) is 0 Å². The number of imidazole rings is 1. The number of unbranched alkanes of at least 4 members (excludes halogenated alkanes) is 4. The first-order valence-electron chi connectivity index (χ1n) is 11.5. The predicted octanol–water partition coefficient (Wildman–Crippen LogP) is 4.08. The fourth-order valence-electron chi connectivity index (χ4n) is 3.66. The van der Waals surface area contributed by atoms with Gasteiger partial charge in [0.25, 0.3) is 0 Å². The van der Waals surface area contributed by atoms with E-state index in [1.54, 1.807) is 6.20 Å². The highest BCUT2D eigenvalue weighted by Gasteiger charge is 2.29. The molecule has 0 radical (unpaired) electrons. The SMILES string of the molecule is O=C(O)CCCCCNC(CCCCCNc1nsc2nccn12)S(=O)(=O)c1ccc(F)cc1F. The lowest BCUT2D eigenvalue weighted by Crippen LogP contribution is -2.37. The minimum absolute atomic E-state index is 0.0593. The molecule has 13 heteroatoms. The van der Waals surface area contributed by atoms with Gasteiger partial charge in [-0.05, 0) is 44.4 Å². The number of carboxylic acids is 1. The Morgan fingerprint density at radius 3 is 2.66 bits per heavy atom. The van der Waals surface area contributed by atoms with Crippen LogP contribution in [0.5, 0.6) is 0 Å². The number of benzene rings is 1. The molecular weight excluding hydrogens is 500 g/mol. The molecule has 0 spiro atoms. The minimum atomic E-state index is -4.08. The fraction of sp³-hybridized carbons (Fsp3) is 0.500. The number of nitrogens with one attached hydrogen (secondary N) is 2. The van der Waals surface area contributed by atoms with E-state index in [0.717, 1.165) is 29.9 Å². The molecule has 0 bridgehead atoms. The van der Waals surface area contributed by atoms with Gasteiger partial charge in [-0.25, -0.2) is 22.2 Å². The summed E-state index contributed by atoms with van der Waals surface area (Å²) in [6, 6.07) is 2.45. The van der Waals surface area contributed by atoms with E-state index in [0.29, 0.717) is 50.8 Å². The van der Waals surface area contributed by atoms with Crippen molar-refractivity contribution in [2.75, 3.05) is 18.4 Å². The van der Waals surface area contributed by atoms with Crippen molar-refractivity contribution < 1.29 is 27.1 Å². The van der Waals surface area contributed by atoms with Crippen LogP contribution in [-0.4, -0.2) is 51.7 Å². The number of rotatable bonds is 16. The van der Waals surface area contributed by atoms with Crippen LogP contribution in [0, 0.1) is 11.6 Å². The lowest BCUT2D eigenvalue weighted by Gasteiger charge is -2.20. The van der Waals surface area contributed by atoms with Gasteiger partial charge >= 0.3 is 5.97 Å². The largest absolute Gasteiger partial charge is 0.481 e. The summed E-state index contributed by atoms with van der Waals surface area (Å²) < 4.78 is 59.9. The molecule has 0 saturated heterocycles. The predicted molar refractivity (Wildman–Crippen MR) is 129 cm³/mol. The van der Waals surface area contributed by atoms with Gasteiger partial charge in [-0.2, -0.15) is 4.37 Å². The number of hydrogen-bond donors (Lipinski definition) is 3. The smallest absolute Gasteiger partial charge is 0.303 e. The minimum Gasteiger partial charge on any atom is -0.481 e. The van der Waals surface area contributed by atoms with E-state index < -0.39 is 37.7 Å². The van der Waals surface area contributed by atoms with Crippen molar-refractivity contribution in [2.45, 2.75) is 61.6 Å². The lowest BCUT2D eigenvalue weighted by molar-refractivity contribution is -0.137. The summed E-state index contributed by atoms with van der Waals surface area (Å²) in [5.41, 5.74) is 0. The number of aliphatic carboxylic acids is 1. The zero-order chi connectivity index (χ0) is 25.3. The molecule has 35 heavy (non-hydrogen) atoms. The third-order valence-corrected chi connectivity index (χ3v) is 8.31. The summed E-state index contributed by atoms with van der Waals surface area (Å²) >= 11 is 1.29. The molecule has 2 heterocycles. The number of sulfone groups is 1. The van der Waals surface area contributed by atoms with Gasteiger partial charge in [0.15, 0.2) is 9.84 Å². The Morgan fingerprint density at radius 1 is 1.11 bits per heavy atom. The molecule has 0 amide bonds. The Morgan fingerprint density at radius 2 is 1.89 bits per heavy atom. The van der Waals surface area contributed by atoms with Gasteiger partial charge in [0.1, 0.15) is 21.9 Å². The summed E-state index contributed by atoms with van der Waals surface area (Å²) in [4.78, 5) is 15.1. The van der Waals surface area contributed by atoms with Gasteiger partial charge in [-0.1, -0.05) is 19.3 Å². The van der Waals surface area contributed by atoms with Gasteiger partial charge in [0.05, 0.1) is 0 Å². The topological polar surface area (TPSA) is 126 Å². The molecule has 3 N–H and O–H groups in total. The van der Waals surface area contributed by atoms with E-state index >= 15 is 0 Å². The van der Waals surface area contributed by atoms with E-state index in [1.165, 1.54) is 11.5 Å². The summed E-state index contributed by atoms with van der Waals surface area (Å²) in [6.07, 6.45) is 7.65. The van der Waals surface area contributed by atoms with E-state index in [9.17, 15) is 22.0 Å². The fourth-order valence-corrected chi connectivity index (χ4v) is 6.04. The molecule has 0 fully saturated rings. The van der Waals surface area contributed by atoms with E-state index in [2.05, 4.69) is 20.0 Å². The van der Waals surface area contributed by atoms with Crippen LogP contribution in [0.15, 0.2) is 35.5 Å². The maximum atomic E-state index is 14.3. The Labute approximate surface area is 206 Å². The first-order valence-corrected chi connectivity index (χ1v) is 13.8. The second kappa shape index (κ2) is 12.9. The van der Waals surface area contributed by atoms with E-state index in [4.69, 9.17) is 5.11 Å². The van der Waals surface area contributed by atoms with Gasteiger partial charge in [0, 0.05) is 43.0 Å². The van der Waals surface area contributed by atoms with Crippen molar-refractivity contribution in [3.63, 3.8) is 0 Å². The molecule has 0 aliphatic carbocycles. The number of halogens is 2. The van der Waals surface area contributed by atoms with Gasteiger partial charge in [-0.15, -0.1) is 0 Å². The molecule has 1 aromatic carbocycles. The van der Waals surface area contributed by atoms with Crippen LogP contribution in [0.25, 0.3) is 4.96 Å². The number of hydrogen-bond acceptors (Lipinski definition) is 8. The normalized spacial score (nSPS) is 12.7. The zero-order valence-electron chi connectivity index (χ0n) is 19.1. The Hall–Kier alpha value is -2.64. The number of carbonyl (C=O) groups is 1. The molecule has 3 aromatic rings. The van der Waals surface area contributed by atoms with Gasteiger partial charge < -0.3 is 15.7 Å². The Balaban J connectivity index is 1.51. The number of fused-ring (bicyclic) bond motifs is 1. The summed E-state index contributed by atoms with van der Waals surface area (Å²) in [7, 11) is -4.08. The van der Waals surface area contributed by atoms with E-state index in [-0.39, 0.29) is 12.8 Å². The lowest BCUT2D eigenvalue weighted by atomic mass is 10.1. The van der Waals surface area contributed by atoms with Crippen LogP contribution in [0.3, 0.4) is 0 Å². The van der Waals surface area contributed by atoms with Crippen LogP contribution in [-0.2, 0) is 14.6 Å². The highest BCUT2D eigenvalue weighted by molar-refractivity contribution is 7.92. The highest BCUT2D eigenvalue weighted by Crippen LogP contribution is 2.23. The number of anilines is 1. The molecule has 192 valence electrons. The van der Waals surface area contributed by atoms with Crippen LogP contribution >= 0.6 is 11.5 Å². The second-order valence-electron chi connectivity index (χ2n) is 8.13. The molecule has 0 saturated carbocycles. The monoisotopic (exact) mass is 529 g/mol. The number of carboxylic acid groups (broad SMARTS) is 1. The van der Waals surface area contributed by atoms with Gasteiger partial charge in [-0.3, -0.25) is 9.20 Å². The second-order valence-corrected chi connectivity index (χ2v) is 11.0. The Bertz CT molecular complexity index is 1220. The molecule has 3 rings (SSSR count). The maximum absolute atomic E-state index is 14.3. The van der Waals surface area contributed by atoms with Crippen LogP contribution in [0.2, 0.25) is 0 Å². The maximum Gasteiger partial charge on any atom is 0.303 e. The Kier molecular flexibility index (Phi) is 9.93. The van der Waals surface area contributed by atoms with Crippen molar-refractivity contribution >= 4 is 38.2 Å². The highest BCUT2D eigenvalue weighted by atomic mass is 32.2. The summed E-state index contributed by atoms with van der Waals surface area (Å²) in [5.74, 6) is -2.12. The van der Waals surface area contributed by atoms with Crippen molar-refractivity contribution in [3.8, 4) is 0 Å². The first kappa shape index (κ1) is 27.0. The van der Waals surface area contributed by atoms with E-state index in [1.807, 2.05) is 10.6 Å². The third kappa shape index (κ3) is 7.67. The average Bonchev–Trinajstić information content (AvgIpc) is 3.41. The summed E-state index contributed by atoms with van der Waals surface area (Å²) in [5, 5.41) is 13.9. The van der Waals surface area contributed by atoms with Crippen molar-refractivity contribution in [2.24, 2.45) is 0 Å². The average molecular weight is 530 g/mol. The standard InChI is InChI=1S/C22H29F2N5O4S2/c23-16-9-10-18(17(24)15-16)35(32,33)19(25-11-5-2-4-8-20(30)31)7-3-1-6-12-26-21-28-34-22-27-13-14-29(21)22/h9-10,13-15,19,25H,1-8,11-12H2,(H,26,28)(H,30,31).